The second-order valence-electron chi connectivity index (χ2n) is 4.10. The Morgan fingerprint density at radius 3 is 2.24 bits per heavy atom. The minimum atomic E-state index is -4.13. The summed E-state index contributed by atoms with van der Waals surface area (Å²) >= 11 is 0. The highest BCUT2D eigenvalue weighted by atomic mass is 35.5. The van der Waals surface area contributed by atoms with E-state index in [4.69, 9.17) is 5.73 Å². The van der Waals surface area contributed by atoms with Crippen LogP contribution in [0.3, 0.4) is 0 Å². The smallest absolute Gasteiger partial charge is 0.324 e. The van der Waals surface area contributed by atoms with E-state index in [0.717, 1.165) is 16.7 Å². The summed E-state index contributed by atoms with van der Waals surface area (Å²) in [5.74, 6) is 0. The molecule has 0 amide bonds. The van der Waals surface area contributed by atoms with Crippen LogP contribution in [-0.4, -0.2) is 6.18 Å². The van der Waals surface area contributed by atoms with E-state index in [-0.39, 0.29) is 18.8 Å². The van der Waals surface area contributed by atoms with Crippen molar-refractivity contribution in [3.8, 4) is 0 Å². The number of hydrogen-bond donors (Lipinski definition) is 1. The van der Waals surface area contributed by atoms with Crippen LogP contribution >= 0.6 is 12.4 Å². The van der Waals surface area contributed by atoms with Gasteiger partial charge in [-0.05, 0) is 37.0 Å². The number of alkyl halides is 3. The first-order valence-corrected chi connectivity index (χ1v) is 5.19. The zero-order valence-electron chi connectivity index (χ0n) is 9.84. The molecular weight excluding hydrogens is 251 g/mol. The molecular formula is C12H17ClF3N. The minimum Gasteiger partial charge on any atom is -0.324 e. The summed E-state index contributed by atoms with van der Waals surface area (Å²) in [7, 11) is 0. The van der Waals surface area contributed by atoms with Crippen LogP contribution in [0, 0.1) is 13.8 Å². The fourth-order valence-corrected chi connectivity index (χ4v) is 1.48. The first-order chi connectivity index (χ1) is 7.29. The highest BCUT2D eigenvalue weighted by Crippen LogP contribution is 2.26. The van der Waals surface area contributed by atoms with E-state index in [0.29, 0.717) is 0 Å². The lowest BCUT2D eigenvalue weighted by atomic mass is 9.98. The van der Waals surface area contributed by atoms with Crippen molar-refractivity contribution in [2.24, 2.45) is 5.73 Å². The van der Waals surface area contributed by atoms with Crippen LogP contribution < -0.4 is 5.73 Å². The van der Waals surface area contributed by atoms with Gasteiger partial charge in [0, 0.05) is 12.5 Å². The van der Waals surface area contributed by atoms with E-state index >= 15 is 0 Å². The van der Waals surface area contributed by atoms with E-state index < -0.39 is 18.6 Å². The Hall–Kier alpha value is -0.740. The second-order valence-corrected chi connectivity index (χ2v) is 4.10. The monoisotopic (exact) mass is 267 g/mol. The van der Waals surface area contributed by atoms with Crippen LogP contribution in [0.25, 0.3) is 0 Å². The average molecular weight is 268 g/mol. The molecule has 0 radical (unpaired) electrons. The lowest BCUT2D eigenvalue weighted by molar-refractivity contribution is -0.136. The molecule has 0 aliphatic heterocycles. The van der Waals surface area contributed by atoms with Gasteiger partial charge in [0.05, 0.1) is 0 Å². The van der Waals surface area contributed by atoms with Crippen molar-refractivity contribution < 1.29 is 13.2 Å². The Morgan fingerprint density at radius 2 is 1.76 bits per heavy atom. The Balaban J connectivity index is 0.00000256. The molecule has 0 spiro atoms. The lowest BCUT2D eigenvalue weighted by Gasteiger charge is -2.14. The van der Waals surface area contributed by atoms with Gasteiger partial charge in [-0.2, -0.15) is 13.2 Å². The topological polar surface area (TPSA) is 26.0 Å². The summed E-state index contributed by atoms with van der Waals surface area (Å²) in [6.07, 6.45) is -5.02. The van der Waals surface area contributed by atoms with Gasteiger partial charge >= 0.3 is 6.18 Å². The van der Waals surface area contributed by atoms with Gasteiger partial charge in [0.15, 0.2) is 0 Å². The molecule has 0 unspecified atom stereocenters. The van der Waals surface area contributed by atoms with Crippen molar-refractivity contribution in [2.75, 3.05) is 0 Å². The third kappa shape index (κ3) is 5.41. The van der Waals surface area contributed by atoms with Crippen LogP contribution in [0.5, 0.6) is 0 Å². The molecule has 2 N–H and O–H groups in total. The van der Waals surface area contributed by atoms with Crippen molar-refractivity contribution in [1.29, 1.82) is 0 Å². The van der Waals surface area contributed by atoms with Crippen molar-refractivity contribution in [2.45, 2.75) is 38.9 Å². The van der Waals surface area contributed by atoms with Crippen molar-refractivity contribution >= 4 is 12.4 Å². The molecule has 0 fully saturated rings. The first kappa shape index (κ1) is 16.3. The third-order valence-corrected chi connectivity index (χ3v) is 2.70. The molecule has 0 saturated carbocycles. The molecule has 98 valence electrons. The largest absolute Gasteiger partial charge is 0.389 e. The molecule has 1 aromatic rings. The molecule has 0 aliphatic carbocycles. The van der Waals surface area contributed by atoms with Gasteiger partial charge in [-0.1, -0.05) is 18.2 Å². The van der Waals surface area contributed by atoms with Crippen LogP contribution in [0.1, 0.15) is 35.6 Å². The Bertz CT molecular complexity index is 363. The molecule has 17 heavy (non-hydrogen) atoms. The number of hydrogen-bond acceptors (Lipinski definition) is 1. The molecule has 1 nitrogen and oxygen atoms in total. The maximum atomic E-state index is 12.0. The lowest BCUT2D eigenvalue weighted by Crippen LogP contribution is -2.15. The summed E-state index contributed by atoms with van der Waals surface area (Å²) in [6, 6.07) is 5.00. The number of nitrogens with two attached hydrogens (primary N) is 1. The van der Waals surface area contributed by atoms with Crippen molar-refractivity contribution in [3.63, 3.8) is 0 Å². The van der Waals surface area contributed by atoms with Crippen molar-refractivity contribution in [3.05, 3.63) is 34.9 Å². The molecule has 0 heterocycles. The van der Waals surface area contributed by atoms with Crippen LogP contribution in [0.15, 0.2) is 18.2 Å². The van der Waals surface area contributed by atoms with Gasteiger partial charge in [0.1, 0.15) is 0 Å². The van der Waals surface area contributed by atoms with Gasteiger partial charge < -0.3 is 5.73 Å². The number of halogens is 4. The normalized spacial score (nSPS) is 13.1. The minimum absolute atomic E-state index is 0. The molecule has 1 aromatic carbocycles. The Kier molecular flexibility index (Phi) is 5.99. The summed E-state index contributed by atoms with van der Waals surface area (Å²) in [6.45, 7) is 3.88. The molecule has 5 heteroatoms. The molecule has 0 aromatic heterocycles. The fourth-order valence-electron chi connectivity index (χ4n) is 1.48. The maximum Gasteiger partial charge on any atom is 0.389 e. The summed E-state index contributed by atoms with van der Waals surface area (Å²) in [4.78, 5) is 0. The zero-order valence-corrected chi connectivity index (χ0v) is 10.7. The van der Waals surface area contributed by atoms with E-state index in [9.17, 15) is 13.2 Å². The third-order valence-electron chi connectivity index (χ3n) is 2.70. The highest BCUT2D eigenvalue weighted by molar-refractivity contribution is 5.85. The first-order valence-electron chi connectivity index (χ1n) is 5.19. The van der Waals surface area contributed by atoms with Crippen LogP contribution in [0.4, 0.5) is 13.2 Å². The SMILES string of the molecule is Cc1ccc([C@H](N)CCC(F)(F)F)cc1C.Cl. The van der Waals surface area contributed by atoms with Gasteiger partial charge in [0.2, 0.25) is 0 Å². The quantitative estimate of drug-likeness (QED) is 0.878. The van der Waals surface area contributed by atoms with E-state index in [1.807, 2.05) is 26.0 Å². The van der Waals surface area contributed by atoms with Gasteiger partial charge in [0.25, 0.3) is 0 Å². The summed E-state index contributed by atoms with van der Waals surface area (Å²) in [5.41, 5.74) is 8.66. The fraction of sp³-hybridized carbons (Fsp3) is 0.500. The zero-order chi connectivity index (χ0) is 12.3. The Morgan fingerprint density at radius 1 is 1.18 bits per heavy atom. The molecule has 0 saturated heterocycles. The predicted octanol–water partition coefficient (Wildman–Crippen LogP) is 4.07. The van der Waals surface area contributed by atoms with Crippen molar-refractivity contribution in [1.82, 2.24) is 0 Å². The Labute approximate surface area is 106 Å². The summed E-state index contributed by atoms with van der Waals surface area (Å²) < 4.78 is 36.1. The van der Waals surface area contributed by atoms with E-state index in [2.05, 4.69) is 0 Å². The second kappa shape index (κ2) is 6.26. The predicted molar refractivity (Wildman–Crippen MR) is 65.4 cm³/mol. The molecule has 0 bridgehead atoms. The highest BCUT2D eigenvalue weighted by Gasteiger charge is 2.27. The number of aryl methyl sites for hydroxylation is 2. The maximum absolute atomic E-state index is 12.0. The van der Waals surface area contributed by atoms with Gasteiger partial charge in [-0.15, -0.1) is 12.4 Å². The van der Waals surface area contributed by atoms with Crippen LogP contribution in [0.2, 0.25) is 0 Å². The summed E-state index contributed by atoms with van der Waals surface area (Å²) in [5, 5.41) is 0. The number of benzene rings is 1. The van der Waals surface area contributed by atoms with E-state index in [1.54, 1.807) is 6.07 Å². The van der Waals surface area contributed by atoms with Gasteiger partial charge in [-0.3, -0.25) is 0 Å². The molecule has 0 aliphatic rings. The molecule has 1 atom stereocenters. The van der Waals surface area contributed by atoms with Crippen LogP contribution in [-0.2, 0) is 0 Å². The number of rotatable bonds is 3. The standard InChI is InChI=1S/C12H16F3N.ClH/c1-8-3-4-10(7-9(8)2)11(16)5-6-12(13,14)15;/h3-4,7,11H,5-6,16H2,1-2H3;1H/t11-;/m1./s1. The van der Waals surface area contributed by atoms with Gasteiger partial charge in [-0.25, -0.2) is 0 Å². The van der Waals surface area contributed by atoms with E-state index in [1.165, 1.54) is 0 Å². The molecule has 1 rings (SSSR count). The average Bonchev–Trinajstić information content (AvgIpc) is 2.17.